The summed E-state index contributed by atoms with van der Waals surface area (Å²) in [5, 5.41) is -5.10. The van der Waals surface area contributed by atoms with Gasteiger partial charge in [0.25, 0.3) is 0 Å². The maximum Gasteiger partial charge on any atom is 0.407 e. The number of alkyl halides is 4. The summed E-state index contributed by atoms with van der Waals surface area (Å²) in [6, 6.07) is 24.7. The third-order valence-corrected chi connectivity index (χ3v) is 9.86. The molecule has 10 heteroatoms. The summed E-state index contributed by atoms with van der Waals surface area (Å²) < 4.78 is 82.6. The number of rotatable bonds is 11. The van der Waals surface area contributed by atoms with Crippen LogP contribution in [-0.4, -0.2) is 28.0 Å². The van der Waals surface area contributed by atoms with Crippen molar-refractivity contribution in [3.8, 4) is 0 Å². The molecule has 192 valence electrons. The highest BCUT2D eigenvalue weighted by molar-refractivity contribution is 8.32. The average Bonchev–Trinajstić information content (AvgIpc) is 2.88. The minimum Gasteiger partial charge on any atom is -0.462 e. The molecule has 0 bridgehead atoms. The second kappa shape index (κ2) is 11.4. The molecule has 4 nitrogen and oxygen atoms in total. The van der Waals surface area contributed by atoms with Crippen molar-refractivity contribution >= 4 is 27.4 Å². The fourth-order valence-electron chi connectivity index (χ4n) is 3.16. The van der Waals surface area contributed by atoms with Gasteiger partial charge in [-0.05, 0) is 53.6 Å². The lowest BCUT2D eigenvalue weighted by Crippen LogP contribution is -2.45. The zero-order chi connectivity index (χ0) is 26.4. The van der Waals surface area contributed by atoms with Gasteiger partial charge in [0, 0.05) is 20.3 Å². The monoisotopic (exact) mass is 540 g/mol. The zero-order valence-electron chi connectivity index (χ0n) is 19.2. The molecule has 0 aliphatic rings. The Morgan fingerprint density at radius 3 is 1.58 bits per heavy atom. The van der Waals surface area contributed by atoms with Crippen LogP contribution in [0.25, 0.3) is 0 Å². The Kier molecular flexibility index (Phi) is 8.76. The maximum absolute atomic E-state index is 15.0. The first kappa shape index (κ1) is 27.6. The fourth-order valence-corrected chi connectivity index (χ4v) is 7.97. The summed E-state index contributed by atoms with van der Waals surface area (Å²) in [5.41, 5.74) is -0.0704. The van der Waals surface area contributed by atoms with E-state index in [-0.39, 0.29) is 5.57 Å². The first-order chi connectivity index (χ1) is 17.0. The summed E-state index contributed by atoms with van der Waals surface area (Å²) in [6.07, 6.45) is -1.56. The molecule has 1 unspecified atom stereocenters. The van der Waals surface area contributed by atoms with Gasteiger partial charge in [-0.25, -0.2) is 12.6 Å². The Balaban J connectivity index is 2.04. The van der Waals surface area contributed by atoms with Gasteiger partial charge in [0.15, 0.2) is 0 Å². The Morgan fingerprint density at radius 2 is 1.22 bits per heavy atom. The molecule has 36 heavy (non-hydrogen) atoms. The summed E-state index contributed by atoms with van der Waals surface area (Å²) in [4.78, 5) is 12.6. The van der Waals surface area contributed by atoms with Gasteiger partial charge >= 0.3 is 17.1 Å². The van der Waals surface area contributed by atoms with Gasteiger partial charge < -0.3 is 4.74 Å². The van der Waals surface area contributed by atoms with Crippen molar-refractivity contribution in [3.05, 3.63) is 103 Å². The predicted molar refractivity (Wildman–Crippen MR) is 131 cm³/mol. The SMILES string of the molecule is C=C(C)C(=O)OCCC(F)(F)C(F)(F)S(=O)OS(c1ccccc1)(c1ccccc1)c1ccccc1. The molecule has 0 fully saturated rings. The van der Waals surface area contributed by atoms with Gasteiger partial charge in [-0.2, -0.15) is 17.6 Å². The Bertz CT molecular complexity index is 1110. The van der Waals surface area contributed by atoms with Crippen LogP contribution in [0.4, 0.5) is 17.6 Å². The van der Waals surface area contributed by atoms with Crippen molar-refractivity contribution < 1.29 is 34.9 Å². The van der Waals surface area contributed by atoms with Crippen molar-refractivity contribution in [1.82, 2.24) is 0 Å². The molecule has 0 saturated carbocycles. The third kappa shape index (κ3) is 5.71. The molecule has 1 atom stereocenters. The molecule has 0 saturated heterocycles. The van der Waals surface area contributed by atoms with E-state index in [1.54, 1.807) is 91.0 Å². The van der Waals surface area contributed by atoms with E-state index in [4.69, 9.17) is 3.63 Å². The van der Waals surface area contributed by atoms with Crippen LogP contribution in [0.3, 0.4) is 0 Å². The van der Waals surface area contributed by atoms with Crippen LogP contribution in [-0.2, 0) is 24.2 Å². The first-order valence-electron chi connectivity index (χ1n) is 10.7. The number of carbonyl (C=O) groups excluding carboxylic acids is 1. The second-order valence-electron chi connectivity index (χ2n) is 7.69. The number of benzene rings is 3. The minimum absolute atomic E-state index is 0.0704. The van der Waals surface area contributed by atoms with Crippen molar-refractivity contribution in [1.29, 1.82) is 0 Å². The molecule has 0 aliphatic carbocycles. The van der Waals surface area contributed by atoms with E-state index >= 15 is 8.78 Å². The molecule has 0 spiro atoms. The normalized spacial score (nSPS) is 13.6. The molecule has 0 aromatic heterocycles. The van der Waals surface area contributed by atoms with Crippen LogP contribution in [0, 0.1) is 0 Å². The van der Waals surface area contributed by atoms with E-state index < -0.39 is 51.6 Å². The topological polar surface area (TPSA) is 52.6 Å². The first-order valence-corrected chi connectivity index (χ1v) is 13.3. The molecular formula is C26H24F4O4S2. The Morgan fingerprint density at radius 1 is 0.833 bits per heavy atom. The molecule has 0 N–H and O–H groups in total. The fraction of sp³-hybridized carbons (Fsp3) is 0.192. The van der Waals surface area contributed by atoms with E-state index in [0.29, 0.717) is 14.7 Å². The van der Waals surface area contributed by atoms with E-state index in [9.17, 15) is 17.8 Å². The van der Waals surface area contributed by atoms with Crippen LogP contribution in [0.1, 0.15) is 13.3 Å². The van der Waals surface area contributed by atoms with E-state index in [1.165, 1.54) is 6.92 Å². The Labute approximate surface area is 211 Å². The molecular weight excluding hydrogens is 516 g/mol. The molecule has 0 heterocycles. The second-order valence-corrected chi connectivity index (χ2v) is 11.7. The zero-order valence-corrected chi connectivity index (χ0v) is 20.9. The highest BCUT2D eigenvalue weighted by atomic mass is 32.3. The number of hydrogen-bond acceptors (Lipinski definition) is 4. The van der Waals surface area contributed by atoms with E-state index in [0.717, 1.165) is 0 Å². The number of hydrogen-bond donors (Lipinski definition) is 0. The maximum atomic E-state index is 15.0. The van der Waals surface area contributed by atoms with Gasteiger partial charge in [0.1, 0.15) is 0 Å². The number of carbonyl (C=O) groups is 1. The van der Waals surface area contributed by atoms with Gasteiger partial charge in [-0.3, -0.25) is 0 Å². The van der Waals surface area contributed by atoms with E-state index in [2.05, 4.69) is 11.3 Å². The lowest BCUT2D eigenvalue weighted by Gasteiger charge is -2.40. The summed E-state index contributed by atoms with van der Waals surface area (Å²) in [5.74, 6) is -5.80. The van der Waals surface area contributed by atoms with Gasteiger partial charge in [-0.15, -0.1) is 0 Å². The van der Waals surface area contributed by atoms with Gasteiger partial charge in [0.2, 0.25) is 11.1 Å². The van der Waals surface area contributed by atoms with E-state index in [1.807, 2.05) is 0 Å². The number of esters is 1. The largest absolute Gasteiger partial charge is 0.462 e. The molecule has 0 amide bonds. The average molecular weight is 541 g/mol. The van der Waals surface area contributed by atoms with Gasteiger partial charge in [-0.1, -0.05) is 61.2 Å². The van der Waals surface area contributed by atoms with Crippen LogP contribution < -0.4 is 0 Å². The quantitative estimate of drug-likeness (QED) is 0.145. The number of ether oxygens (including phenoxy) is 1. The lowest BCUT2D eigenvalue weighted by atomic mass is 10.2. The third-order valence-electron chi connectivity index (χ3n) is 5.02. The summed E-state index contributed by atoms with van der Waals surface area (Å²) in [7, 11) is -3.13. The molecule has 0 radical (unpaired) electrons. The van der Waals surface area contributed by atoms with Crippen LogP contribution in [0.15, 0.2) is 118 Å². The highest BCUT2D eigenvalue weighted by Crippen LogP contribution is 2.70. The Hall–Kier alpha value is -2.95. The highest BCUT2D eigenvalue weighted by Gasteiger charge is 2.63. The molecule has 3 aromatic carbocycles. The van der Waals surface area contributed by atoms with Crippen molar-refractivity contribution in [3.63, 3.8) is 0 Å². The lowest BCUT2D eigenvalue weighted by molar-refractivity contribution is -0.170. The van der Waals surface area contributed by atoms with Crippen molar-refractivity contribution in [2.45, 2.75) is 39.2 Å². The van der Waals surface area contributed by atoms with Crippen LogP contribution in [0.2, 0.25) is 0 Å². The summed E-state index contributed by atoms with van der Waals surface area (Å²) in [6.45, 7) is 3.57. The van der Waals surface area contributed by atoms with Gasteiger partial charge in [0.05, 0.1) is 13.0 Å². The summed E-state index contributed by atoms with van der Waals surface area (Å²) >= 11 is -3.80. The molecule has 3 rings (SSSR count). The van der Waals surface area contributed by atoms with Crippen molar-refractivity contribution in [2.75, 3.05) is 6.61 Å². The number of halogens is 4. The molecule has 0 aliphatic heterocycles. The van der Waals surface area contributed by atoms with Crippen LogP contribution >= 0.6 is 10.3 Å². The minimum atomic E-state index is -5.10. The van der Waals surface area contributed by atoms with Crippen LogP contribution in [0.5, 0.6) is 0 Å². The standard InChI is InChI=1S/C26H24F4O4S2/c1-20(2)24(31)33-19-18-25(27,28)26(29,30)35(32)34-36(21-12-6-3-7-13-21,22-14-8-4-9-15-22)23-16-10-5-11-17-23/h3-17H,1,18-19H2,2H3. The predicted octanol–water partition coefficient (Wildman–Crippen LogP) is 7.30. The molecule has 3 aromatic rings. The van der Waals surface area contributed by atoms with Crippen molar-refractivity contribution in [2.24, 2.45) is 0 Å². The smallest absolute Gasteiger partial charge is 0.407 e.